The molecule has 9 heteroatoms. The van der Waals surface area contributed by atoms with Crippen LogP contribution >= 0.6 is 23.4 Å². The molecule has 1 amide bonds. The molecule has 0 unspecified atom stereocenters. The maximum absolute atomic E-state index is 12.5. The molecule has 0 aromatic heterocycles. The number of hydrogen-bond donors (Lipinski definition) is 1. The summed E-state index contributed by atoms with van der Waals surface area (Å²) in [7, 11) is 1.54. The van der Waals surface area contributed by atoms with Crippen LogP contribution in [-0.2, 0) is 4.79 Å². The normalized spacial score (nSPS) is 14.7. The zero-order valence-electron chi connectivity index (χ0n) is 15.6. The monoisotopic (exact) mass is 432 g/mol. The number of nitrogens with two attached hydrogens (primary N) is 1. The van der Waals surface area contributed by atoms with E-state index in [0.29, 0.717) is 28.4 Å². The largest absolute Gasteiger partial charge is 0.497 e. The number of benzene rings is 2. The van der Waals surface area contributed by atoms with E-state index >= 15 is 0 Å². The second-order valence-corrected chi connectivity index (χ2v) is 7.22. The van der Waals surface area contributed by atoms with Gasteiger partial charge in [0, 0.05) is 0 Å². The van der Waals surface area contributed by atoms with Crippen molar-refractivity contribution in [3.63, 3.8) is 0 Å². The summed E-state index contributed by atoms with van der Waals surface area (Å²) >= 11 is 7.42. The third-order valence-corrected chi connectivity index (χ3v) is 4.88. The maximum atomic E-state index is 12.5. The molecule has 0 bridgehead atoms. The van der Waals surface area contributed by atoms with Gasteiger partial charge in [0.2, 0.25) is 0 Å². The molecule has 1 heterocycles. The van der Waals surface area contributed by atoms with Gasteiger partial charge in [-0.3, -0.25) is 4.79 Å². The van der Waals surface area contributed by atoms with Crippen LogP contribution in [0.3, 0.4) is 0 Å². The molecule has 0 radical (unpaired) electrons. The first-order chi connectivity index (χ1) is 13.9. The van der Waals surface area contributed by atoms with Crippen molar-refractivity contribution < 1.29 is 23.8 Å². The molecule has 0 atom stereocenters. The van der Waals surface area contributed by atoms with E-state index in [1.165, 1.54) is 7.11 Å². The number of rotatable bonds is 6. The summed E-state index contributed by atoms with van der Waals surface area (Å²) < 4.78 is 16.1. The van der Waals surface area contributed by atoms with E-state index in [1.807, 2.05) is 0 Å². The summed E-state index contributed by atoms with van der Waals surface area (Å²) in [4.78, 5) is 28.3. The van der Waals surface area contributed by atoms with Crippen LogP contribution in [-0.4, -0.2) is 30.8 Å². The highest BCUT2D eigenvalue weighted by molar-refractivity contribution is 8.18. The number of methoxy groups -OCH3 is 1. The highest BCUT2D eigenvalue weighted by Gasteiger charge is 2.21. The molecule has 0 spiro atoms. The van der Waals surface area contributed by atoms with E-state index in [-0.39, 0.29) is 21.7 Å². The zero-order valence-corrected chi connectivity index (χ0v) is 17.2. The van der Waals surface area contributed by atoms with Gasteiger partial charge in [0.1, 0.15) is 5.75 Å². The van der Waals surface area contributed by atoms with Crippen LogP contribution in [0.15, 0.2) is 46.3 Å². The number of ether oxygens (including phenoxy) is 3. The van der Waals surface area contributed by atoms with E-state index in [4.69, 9.17) is 31.5 Å². The van der Waals surface area contributed by atoms with E-state index in [2.05, 4.69) is 4.99 Å². The molecule has 7 nitrogen and oxygen atoms in total. The summed E-state index contributed by atoms with van der Waals surface area (Å²) in [5, 5.41) is 0.344. The first-order valence-corrected chi connectivity index (χ1v) is 9.71. The van der Waals surface area contributed by atoms with Crippen LogP contribution in [0.2, 0.25) is 5.02 Å². The summed E-state index contributed by atoms with van der Waals surface area (Å²) in [6.07, 6.45) is 1.60. The number of esters is 1. The maximum Gasteiger partial charge on any atom is 0.343 e. The van der Waals surface area contributed by atoms with Crippen LogP contribution in [0.5, 0.6) is 17.2 Å². The quantitative estimate of drug-likeness (QED) is 0.419. The van der Waals surface area contributed by atoms with Crippen molar-refractivity contribution in [1.29, 1.82) is 0 Å². The van der Waals surface area contributed by atoms with Crippen molar-refractivity contribution in [3.05, 3.63) is 57.5 Å². The molecule has 0 saturated carbocycles. The number of carbonyl (C=O) groups excluding carboxylic acids is 2. The first kappa shape index (κ1) is 20.8. The molecule has 2 N–H and O–H groups in total. The smallest absolute Gasteiger partial charge is 0.343 e. The SMILES string of the molecule is CCOc1cc(/C=C2\SC(N)=NC2=O)cc(Cl)c1OC(=O)c1ccc(OC)cc1. The van der Waals surface area contributed by atoms with Gasteiger partial charge >= 0.3 is 5.97 Å². The molecule has 150 valence electrons. The number of nitrogens with zero attached hydrogens (tertiary/aromatic N) is 1. The second kappa shape index (κ2) is 9.02. The number of thioether (sulfide) groups is 1. The number of aliphatic imine (C=N–C) groups is 1. The minimum absolute atomic E-state index is 0.0950. The highest BCUT2D eigenvalue weighted by Crippen LogP contribution is 2.38. The number of halogens is 1. The number of amides is 1. The third kappa shape index (κ3) is 4.90. The fourth-order valence-electron chi connectivity index (χ4n) is 2.49. The van der Waals surface area contributed by atoms with E-state index in [0.717, 1.165) is 11.8 Å². The van der Waals surface area contributed by atoms with Gasteiger partial charge in [0.15, 0.2) is 16.7 Å². The lowest BCUT2D eigenvalue weighted by Gasteiger charge is -2.13. The van der Waals surface area contributed by atoms with Crippen molar-refractivity contribution in [3.8, 4) is 17.2 Å². The van der Waals surface area contributed by atoms with E-state index < -0.39 is 11.9 Å². The van der Waals surface area contributed by atoms with Crippen LogP contribution in [0.4, 0.5) is 0 Å². The van der Waals surface area contributed by atoms with Gasteiger partial charge in [-0.05, 0) is 66.7 Å². The molecule has 2 aromatic rings. The molecule has 29 heavy (non-hydrogen) atoms. The number of hydrogen-bond acceptors (Lipinski definition) is 7. The van der Waals surface area contributed by atoms with Crippen molar-refractivity contribution in [1.82, 2.24) is 0 Å². The van der Waals surface area contributed by atoms with E-state index in [1.54, 1.807) is 49.4 Å². The molecule has 0 saturated heterocycles. The minimum Gasteiger partial charge on any atom is -0.497 e. The molecule has 3 rings (SSSR count). The van der Waals surface area contributed by atoms with Crippen LogP contribution < -0.4 is 19.9 Å². The summed E-state index contributed by atoms with van der Waals surface area (Å²) in [5.41, 5.74) is 6.48. The molecular formula is C20H17ClN2O5S. The summed E-state index contributed by atoms with van der Waals surface area (Å²) in [6.45, 7) is 2.12. The summed E-state index contributed by atoms with van der Waals surface area (Å²) in [5.74, 6) is -0.0208. The van der Waals surface area contributed by atoms with Gasteiger partial charge in [-0.1, -0.05) is 11.6 Å². The Kier molecular flexibility index (Phi) is 6.46. The fourth-order valence-corrected chi connectivity index (χ4v) is 3.43. The zero-order chi connectivity index (χ0) is 21.0. The molecule has 1 aliphatic heterocycles. The standard InChI is InChI=1S/C20H17ClN2O5S/c1-3-27-15-9-11(10-16-18(24)23-20(22)29-16)8-14(21)17(15)28-19(25)12-4-6-13(26-2)7-5-12/h4-10H,3H2,1-2H3,(H2,22,23,24)/b16-10-. The average Bonchev–Trinajstić information content (AvgIpc) is 3.01. The van der Waals surface area contributed by atoms with Crippen LogP contribution in [0.1, 0.15) is 22.8 Å². The molecule has 0 aliphatic carbocycles. The lowest BCUT2D eigenvalue weighted by molar-refractivity contribution is -0.113. The summed E-state index contributed by atoms with van der Waals surface area (Å²) in [6, 6.07) is 9.67. The minimum atomic E-state index is -0.593. The van der Waals surface area contributed by atoms with Gasteiger partial charge in [0.05, 0.1) is 29.2 Å². The number of carbonyl (C=O) groups is 2. The molecular weight excluding hydrogens is 416 g/mol. The van der Waals surface area contributed by atoms with E-state index in [9.17, 15) is 9.59 Å². The van der Waals surface area contributed by atoms with Crippen molar-refractivity contribution in [2.24, 2.45) is 10.7 Å². The fraction of sp³-hybridized carbons (Fsp3) is 0.150. The Bertz CT molecular complexity index is 1020. The van der Waals surface area contributed by atoms with Gasteiger partial charge in [-0.2, -0.15) is 4.99 Å². The van der Waals surface area contributed by atoms with Gasteiger partial charge in [0.25, 0.3) is 5.91 Å². The first-order valence-electron chi connectivity index (χ1n) is 8.52. The Morgan fingerprint density at radius 1 is 1.28 bits per heavy atom. The Morgan fingerprint density at radius 2 is 2.00 bits per heavy atom. The topological polar surface area (TPSA) is 100 Å². The second-order valence-electron chi connectivity index (χ2n) is 5.75. The molecule has 1 aliphatic rings. The number of amidine groups is 1. The Balaban J connectivity index is 1.89. The molecule has 2 aromatic carbocycles. The van der Waals surface area contributed by atoms with Gasteiger partial charge < -0.3 is 19.9 Å². The average molecular weight is 433 g/mol. The van der Waals surface area contributed by atoms with Crippen molar-refractivity contribution in [2.45, 2.75) is 6.92 Å². The predicted octanol–water partition coefficient (Wildman–Crippen LogP) is 3.90. The molecule has 0 fully saturated rings. The van der Waals surface area contributed by atoms with Gasteiger partial charge in [-0.25, -0.2) is 4.79 Å². The van der Waals surface area contributed by atoms with Crippen molar-refractivity contribution in [2.75, 3.05) is 13.7 Å². The Morgan fingerprint density at radius 3 is 2.59 bits per heavy atom. The van der Waals surface area contributed by atoms with Gasteiger partial charge in [-0.15, -0.1) is 0 Å². The Hall–Kier alpha value is -2.97. The van der Waals surface area contributed by atoms with Crippen LogP contribution in [0, 0.1) is 0 Å². The predicted molar refractivity (Wildman–Crippen MR) is 113 cm³/mol. The lowest BCUT2D eigenvalue weighted by atomic mass is 10.1. The van der Waals surface area contributed by atoms with Crippen molar-refractivity contribution >= 4 is 46.5 Å². The Labute approximate surface area is 176 Å². The third-order valence-electron chi connectivity index (χ3n) is 3.79. The highest BCUT2D eigenvalue weighted by atomic mass is 35.5. The van der Waals surface area contributed by atoms with Crippen LogP contribution in [0.25, 0.3) is 6.08 Å². The lowest BCUT2D eigenvalue weighted by Crippen LogP contribution is -2.10.